The third-order valence-electron chi connectivity index (χ3n) is 6.01. The van der Waals surface area contributed by atoms with E-state index < -0.39 is 0 Å². The Morgan fingerprint density at radius 1 is 0.848 bits per heavy atom. The van der Waals surface area contributed by atoms with Crippen molar-refractivity contribution < 1.29 is 9.15 Å². The van der Waals surface area contributed by atoms with E-state index in [9.17, 15) is 0 Å². The molecule has 33 heavy (non-hydrogen) atoms. The topological polar surface area (TPSA) is 54.6 Å². The number of halogens is 1. The number of hydrogen-bond donors (Lipinski definition) is 0. The second-order valence-electron chi connectivity index (χ2n) is 7.96. The van der Waals surface area contributed by atoms with Gasteiger partial charge in [0, 0.05) is 31.9 Å². The summed E-state index contributed by atoms with van der Waals surface area (Å²) in [4.78, 5) is 4.79. The highest BCUT2D eigenvalue weighted by molar-refractivity contribution is 6.33. The summed E-state index contributed by atoms with van der Waals surface area (Å²) in [6, 6.07) is 26.0. The Bertz CT molecular complexity index is 1190. The molecule has 0 radical (unpaired) electrons. The van der Waals surface area contributed by atoms with E-state index in [0.717, 1.165) is 43.1 Å². The van der Waals surface area contributed by atoms with Gasteiger partial charge in [-0.15, -0.1) is 10.2 Å². The Labute approximate surface area is 198 Å². The van der Waals surface area contributed by atoms with Crippen LogP contribution in [-0.4, -0.2) is 48.4 Å². The molecule has 1 fully saturated rings. The molecule has 0 aliphatic carbocycles. The molecule has 0 N–H and O–H groups in total. The van der Waals surface area contributed by atoms with E-state index in [2.05, 4.69) is 44.3 Å². The maximum absolute atomic E-state index is 6.36. The fourth-order valence-electron chi connectivity index (χ4n) is 4.26. The van der Waals surface area contributed by atoms with Crippen LogP contribution in [0.25, 0.3) is 11.5 Å². The van der Waals surface area contributed by atoms with E-state index in [1.54, 1.807) is 7.11 Å². The van der Waals surface area contributed by atoms with Gasteiger partial charge in [0.05, 0.1) is 17.7 Å². The largest absolute Gasteiger partial charge is 0.497 e. The lowest BCUT2D eigenvalue weighted by molar-refractivity contribution is 0.188. The maximum Gasteiger partial charge on any atom is 0.249 e. The van der Waals surface area contributed by atoms with Crippen molar-refractivity contribution in [2.45, 2.75) is 6.04 Å². The second kappa shape index (κ2) is 9.65. The van der Waals surface area contributed by atoms with Gasteiger partial charge in [-0.1, -0.05) is 54.1 Å². The molecular formula is C26H25ClN4O2. The zero-order valence-corrected chi connectivity index (χ0v) is 19.2. The maximum atomic E-state index is 6.36. The van der Waals surface area contributed by atoms with Gasteiger partial charge in [-0.2, -0.15) is 0 Å². The summed E-state index contributed by atoms with van der Waals surface area (Å²) in [5.74, 6) is 1.88. The minimum absolute atomic E-state index is 0.118. The summed E-state index contributed by atoms with van der Waals surface area (Å²) < 4.78 is 11.5. The van der Waals surface area contributed by atoms with Crippen molar-refractivity contribution in [1.82, 2.24) is 15.1 Å². The van der Waals surface area contributed by atoms with Crippen molar-refractivity contribution in [3.63, 3.8) is 0 Å². The van der Waals surface area contributed by atoms with Crippen LogP contribution in [-0.2, 0) is 0 Å². The van der Waals surface area contributed by atoms with Gasteiger partial charge in [0.2, 0.25) is 11.8 Å². The monoisotopic (exact) mass is 460 g/mol. The minimum Gasteiger partial charge on any atom is -0.497 e. The Morgan fingerprint density at radius 2 is 1.55 bits per heavy atom. The molecule has 4 aromatic rings. The minimum atomic E-state index is -0.118. The normalized spacial score (nSPS) is 15.4. The van der Waals surface area contributed by atoms with Gasteiger partial charge >= 0.3 is 0 Å². The molecule has 1 aromatic heterocycles. The van der Waals surface area contributed by atoms with Crippen LogP contribution in [0.1, 0.15) is 17.5 Å². The first-order chi connectivity index (χ1) is 16.2. The van der Waals surface area contributed by atoms with Gasteiger partial charge in [-0.3, -0.25) is 4.90 Å². The quantitative estimate of drug-likeness (QED) is 0.388. The van der Waals surface area contributed by atoms with Crippen molar-refractivity contribution in [3.8, 4) is 17.2 Å². The Balaban J connectivity index is 1.39. The molecule has 0 amide bonds. The van der Waals surface area contributed by atoms with Crippen molar-refractivity contribution in [1.29, 1.82) is 0 Å². The van der Waals surface area contributed by atoms with E-state index in [0.29, 0.717) is 16.8 Å². The number of piperazine rings is 1. The third-order valence-corrected chi connectivity index (χ3v) is 6.34. The van der Waals surface area contributed by atoms with E-state index >= 15 is 0 Å². The lowest BCUT2D eigenvalue weighted by atomic mass is 10.0. The molecule has 1 aliphatic rings. The number of hydrogen-bond acceptors (Lipinski definition) is 6. The predicted octanol–water partition coefficient (Wildman–Crippen LogP) is 5.31. The highest BCUT2D eigenvalue weighted by Crippen LogP contribution is 2.33. The van der Waals surface area contributed by atoms with E-state index in [-0.39, 0.29) is 6.04 Å². The molecule has 0 spiro atoms. The van der Waals surface area contributed by atoms with Crippen LogP contribution in [0, 0.1) is 0 Å². The van der Waals surface area contributed by atoms with Crippen molar-refractivity contribution in [2.75, 3.05) is 38.2 Å². The number of anilines is 1. The summed E-state index contributed by atoms with van der Waals surface area (Å²) in [6.45, 7) is 3.55. The van der Waals surface area contributed by atoms with Crippen LogP contribution in [0.15, 0.2) is 83.3 Å². The first-order valence-electron chi connectivity index (χ1n) is 11.0. The number of methoxy groups -OCH3 is 1. The molecule has 5 rings (SSSR count). The van der Waals surface area contributed by atoms with Crippen LogP contribution in [0.5, 0.6) is 5.75 Å². The van der Waals surface area contributed by atoms with E-state index in [4.69, 9.17) is 20.8 Å². The van der Waals surface area contributed by atoms with Gasteiger partial charge in [0.25, 0.3) is 0 Å². The lowest BCUT2D eigenvalue weighted by Gasteiger charge is -2.39. The Kier molecular flexibility index (Phi) is 6.28. The molecule has 7 heteroatoms. The molecule has 1 saturated heterocycles. The fourth-order valence-corrected chi connectivity index (χ4v) is 4.48. The summed E-state index contributed by atoms with van der Waals surface area (Å²) >= 11 is 6.36. The zero-order valence-electron chi connectivity index (χ0n) is 18.4. The SMILES string of the molecule is COc1ccc(N2CCN(C(c3ccccc3)c3nnc(-c4ccccc4Cl)o3)CC2)cc1. The van der Waals surface area contributed by atoms with Crippen LogP contribution < -0.4 is 9.64 Å². The average molecular weight is 461 g/mol. The van der Waals surface area contributed by atoms with Gasteiger partial charge in [0.1, 0.15) is 11.8 Å². The Hall–Kier alpha value is -3.35. The summed E-state index contributed by atoms with van der Waals surface area (Å²) in [5, 5.41) is 9.35. The standard InChI is InChI=1S/C26H25ClN4O2/c1-32-21-13-11-20(12-14-21)30-15-17-31(18-16-30)24(19-7-3-2-4-8-19)26-29-28-25(33-26)22-9-5-6-10-23(22)27/h2-14,24H,15-18H2,1H3. The molecule has 0 bridgehead atoms. The molecule has 1 aliphatic heterocycles. The fraction of sp³-hybridized carbons (Fsp3) is 0.231. The zero-order chi connectivity index (χ0) is 22.6. The smallest absolute Gasteiger partial charge is 0.249 e. The highest BCUT2D eigenvalue weighted by atomic mass is 35.5. The number of rotatable bonds is 6. The predicted molar refractivity (Wildman–Crippen MR) is 130 cm³/mol. The lowest BCUT2D eigenvalue weighted by Crippen LogP contribution is -2.48. The van der Waals surface area contributed by atoms with Crippen LogP contribution in [0.4, 0.5) is 5.69 Å². The molecule has 6 nitrogen and oxygen atoms in total. The van der Waals surface area contributed by atoms with Crippen molar-refractivity contribution >= 4 is 17.3 Å². The van der Waals surface area contributed by atoms with Crippen molar-refractivity contribution in [3.05, 3.63) is 95.3 Å². The number of aromatic nitrogens is 2. The molecule has 2 heterocycles. The third kappa shape index (κ3) is 4.58. The summed E-state index contributed by atoms with van der Waals surface area (Å²) in [5.41, 5.74) is 3.07. The second-order valence-corrected chi connectivity index (χ2v) is 8.37. The van der Waals surface area contributed by atoms with Gasteiger partial charge in [-0.25, -0.2) is 0 Å². The average Bonchev–Trinajstić information content (AvgIpc) is 3.35. The first kappa shape index (κ1) is 21.5. The number of nitrogens with zero attached hydrogens (tertiary/aromatic N) is 4. The molecular weight excluding hydrogens is 436 g/mol. The van der Waals surface area contributed by atoms with Crippen LogP contribution in [0.3, 0.4) is 0 Å². The summed E-state index contributed by atoms with van der Waals surface area (Å²) in [6.07, 6.45) is 0. The highest BCUT2D eigenvalue weighted by Gasteiger charge is 2.31. The molecule has 0 saturated carbocycles. The molecule has 3 aromatic carbocycles. The van der Waals surface area contributed by atoms with Gasteiger partial charge in [0.15, 0.2) is 0 Å². The molecule has 1 atom stereocenters. The number of benzene rings is 3. The van der Waals surface area contributed by atoms with Crippen molar-refractivity contribution in [2.24, 2.45) is 0 Å². The van der Waals surface area contributed by atoms with Crippen LogP contribution >= 0.6 is 11.6 Å². The van der Waals surface area contributed by atoms with Gasteiger partial charge < -0.3 is 14.1 Å². The number of ether oxygens (including phenoxy) is 1. The first-order valence-corrected chi connectivity index (χ1v) is 11.4. The van der Waals surface area contributed by atoms with E-state index in [1.165, 1.54) is 5.69 Å². The molecule has 168 valence electrons. The Morgan fingerprint density at radius 3 is 2.24 bits per heavy atom. The van der Waals surface area contributed by atoms with E-state index in [1.807, 2.05) is 54.6 Å². The van der Waals surface area contributed by atoms with Gasteiger partial charge in [-0.05, 0) is 42.0 Å². The molecule has 1 unspecified atom stereocenters. The summed E-state index contributed by atoms with van der Waals surface area (Å²) in [7, 11) is 1.69. The van der Waals surface area contributed by atoms with Crippen LogP contribution in [0.2, 0.25) is 5.02 Å².